The summed E-state index contributed by atoms with van der Waals surface area (Å²) in [6.07, 6.45) is 3.27. The molecule has 3 N–H and O–H groups in total. The molecule has 1 aliphatic heterocycles. The molecule has 126 valence electrons. The van der Waals surface area contributed by atoms with E-state index in [9.17, 15) is 9.90 Å². The van der Waals surface area contributed by atoms with E-state index in [-0.39, 0.29) is 17.4 Å². The minimum atomic E-state index is -1.18. The molecule has 1 atom stereocenters. The number of aromatic carboxylic acids is 1. The number of aromatic nitrogens is 2. The molecular weight excluding hydrogens is 310 g/mol. The molecule has 0 bridgehead atoms. The Labute approximate surface area is 139 Å². The van der Waals surface area contributed by atoms with Gasteiger partial charge in [0, 0.05) is 24.3 Å². The Morgan fingerprint density at radius 1 is 1.33 bits per heavy atom. The molecule has 0 amide bonds. The summed E-state index contributed by atoms with van der Waals surface area (Å²) in [5.41, 5.74) is 1.99. The summed E-state index contributed by atoms with van der Waals surface area (Å²) < 4.78 is 5.67. The molecule has 7 heteroatoms. The lowest BCUT2D eigenvalue weighted by molar-refractivity contribution is 0.0237. The number of benzene rings is 1. The third-order valence-electron chi connectivity index (χ3n) is 3.97. The van der Waals surface area contributed by atoms with Gasteiger partial charge in [-0.05, 0) is 37.1 Å². The first-order valence-corrected chi connectivity index (χ1v) is 7.83. The maximum atomic E-state index is 11.1. The Morgan fingerprint density at radius 2 is 2.21 bits per heavy atom. The van der Waals surface area contributed by atoms with Gasteiger partial charge in [-0.1, -0.05) is 0 Å². The third kappa shape index (κ3) is 3.87. The van der Waals surface area contributed by atoms with E-state index in [1.165, 1.54) is 18.5 Å². The van der Waals surface area contributed by atoms with Gasteiger partial charge in [-0.25, -0.2) is 14.8 Å². The fraction of sp³-hybridized carbons (Fsp3) is 0.353. The molecule has 1 aromatic heterocycles. The molecule has 2 heterocycles. The van der Waals surface area contributed by atoms with Gasteiger partial charge in [-0.2, -0.15) is 0 Å². The SMILES string of the molecule is O=C(O)c1cc(-c2cc(CC[C@@H]3CNCCO3)ncn2)ccc1O. The highest BCUT2D eigenvalue weighted by Crippen LogP contribution is 2.25. The number of nitrogens with one attached hydrogen (secondary N) is 1. The molecule has 1 fully saturated rings. The molecule has 1 saturated heterocycles. The van der Waals surface area contributed by atoms with Crippen LogP contribution in [0.25, 0.3) is 11.3 Å². The first-order chi connectivity index (χ1) is 11.6. The molecule has 1 aliphatic rings. The molecular formula is C17H19N3O4. The molecule has 24 heavy (non-hydrogen) atoms. The highest BCUT2D eigenvalue weighted by molar-refractivity contribution is 5.92. The van der Waals surface area contributed by atoms with Crippen LogP contribution in [0.4, 0.5) is 0 Å². The van der Waals surface area contributed by atoms with E-state index in [4.69, 9.17) is 9.84 Å². The number of ether oxygens (including phenoxy) is 1. The van der Waals surface area contributed by atoms with Crippen molar-refractivity contribution in [2.24, 2.45) is 0 Å². The zero-order valence-corrected chi connectivity index (χ0v) is 13.1. The maximum absolute atomic E-state index is 11.1. The largest absolute Gasteiger partial charge is 0.507 e. The molecule has 1 aromatic carbocycles. The molecule has 0 saturated carbocycles. The fourth-order valence-electron chi connectivity index (χ4n) is 2.67. The number of hydrogen-bond donors (Lipinski definition) is 3. The lowest BCUT2D eigenvalue weighted by Crippen LogP contribution is -2.38. The standard InChI is InChI=1S/C17H19N3O4/c21-16-4-1-11(7-14(16)17(22)23)15-8-12(19-10-20-15)2-3-13-9-18-5-6-24-13/h1,4,7-8,10,13,18,21H,2-3,5-6,9H2,(H,22,23)/t13-/m1/s1. The number of rotatable bonds is 5. The predicted molar refractivity (Wildman–Crippen MR) is 87.0 cm³/mol. The lowest BCUT2D eigenvalue weighted by Gasteiger charge is -2.23. The maximum Gasteiger partial charge on any atom is 0.339 e. The van der Waals surface area contributed by atoms with E-state index < -0.39 is 5.97 Å². The molecule has 2 aromatic rings. The van der Waals surface area contributed by atoms with Crippen molar-refractivity contribution < 1.29 is 19.7 Å². The van der Waals surface area contributed by atoms with Crippen LogP contribution in [0.2, 0.25) is 0 Å². The molecule has 7 nitrogen and oxygen atoms in total. The van der Waals surface area contributed by atoms with E-state index in [1.807, 2.05) is 6.07 Å². The normalized spacial score (nSPS) is 17.6. The summed E-state index contributed by atoms with van der Waals surface area (Å²) in [5.74, 6) is -1.44. The number of carboxylic acids is 1. The van der Waals surface area contributed by atoms with Gasteiger partial charge in [0.05, 0.1) is 18.4 Å². The molecule has 0 unspecified atom stereocenters. The fourth-order valence-corrected chi connectivity index (χ4v) is 2.67. The highest BCUT2D eigenvalue weighted by Gasteiger charge is 2.15. The van der Waals surface area contributed by atoms with Gasteiger partial charge in [0.1, 0.15) is 17.6 Å². The number of aromatic hydroxyl groups is 1. The van der Waals surface area contributed by atoms with Crippen LogP contribution in [-0.4, -0.2) is 52.0 Å². The van der Waals surface area contributed by atoms with Gasteiger partial charge in [-0.3, -0.25) is 0 Å². The summed E-state index contributed by atoms with van der Waals surface area (Å²) in [4.78, 5) is 19.6. The first-order valence-electron chi connectivity index (χ1n) is 7.83. The second-order valence-corrected chi connectivity index (χ2v) is 5.67. The topological polar surface area (TPSA) is 105 Å². The second kappa shape index (κ2) is 7.37. The quantitative estimate of drug-likeness (QED) is 0.763. The van der Waals surface area contributed by atoms with Gasteiger partial charge in [0.25, 0.3) is 0 Å². The summed E-state index contributed by atoms with van der Waals surface area (Å²) in [7, 11) is 0. The Kier molecular flexibility index (Phi) is 5.02. The van der Waals surface area contributed by atoms with E-state index in [0.717, 1.165) is 38.2 Å². The summed E-state index contributed by atoms with van der Waals surface area (Å²) in [5, 5.41) is 22.0. The molecule has 0 aliphatic carbocycles. The monoisotopic (exact) mass is 329 g/mol. The molecule has 3 rings (SSSR count). The van der Waals surface area contributed by atoms with Crippen molar-refractivity contribution in [2.45, 2.75) is 18.9 Å². The summed E-state index contributed by atoms with van der Waals surface area (Å²) in [6, 6.07) is 6.26. The number of phenols is 1. The average molecular weight is 329 g/mol. The van der Waals surface area contributed by atoms with Gasteiger partial charge in [0.2, 0.25) is 0 Å². The van der Waals surface area contributed by atoms with Gasteiger partial charge >= 0.3 is 5.97 Å². The van der Waals surface area contributed by atoms with Gasteiger partial charge < -0.3 is 20.3 Å². The highest BCUT2D eigenvalue weighted by atomic mass is 16.5. The van der Waals surface area contributed by atoms with Crippen molar-refractivity contribution in [3.63, 3.8) is 0 Å². The van der Waals surface area contributed by atoms with Gasteiger partial charge in [-0.15, -0.1) is 0 Å². The smallest absolute Gasteiger partial charge is 0.339 e. The van der Waals surface area contributed by atoms with Crippen molar-refractivity contribution in [2.75, 3.05) is 19.7 Å². The van der Waals surface area contributed by atoms with Crippen molar-refractivity contribution in [1.82, 2.24) is 15.3 Å². The zero-order chi connectivity index (χ0) is 16.9. The summed E-state index contributed by atoms with van der Waals surface area (Å²) >= 11 is 0. The van der Waals surface area contributed by atoms with E-state index in [1.54, 1.807) is 6.07 Å². The number of aryl methyl sites for hydroxylation is 1. The van der Waals surface area contributed by atoms with Crippen LogP contribution in [0, 0.1) is 0 Å². The van der Waals surface area contributed by atoms with Crippen LogP contribution in [0.15, 0.2) is 30.6 Å². The average Bonchev–Trinajstić information content (AvgIpc) is 2.61. The van der Waals surface area contributed by atoms with Gasteiger partial charge in [0.15, 0.2) is 0 Å². The van der Waals surface area contributed by atoms with Crippen LogP contribution in [0.5, 0.6) is 5.75 Å². The second-order valence-electron chi connectivity index (χ2n) is 5.67. The van der Waals surface area contributed by atoms with Crippen molar-refractivity contribution in [3.05, 3.63) is 41.9 Å². The Balaban J connectivity index is 1.75. The minimum Gasteiger partial charge on any atom is -0.507 e. The van der Waals surface area contributed by atoms with Crippen molar-refractivity contribution in [3.8, 4) is 17.0 Å². The first kappa shape index (κ1) is 16.4. The lowest BCUT2D eigenvalue weighted by atomic mass is 10.0. The minimum absolute atomic E-state index is 0.144. The Hall–Kier alpha value is -2.51. The Bertz CT molecular complexity index is 730. The number of hydrogen-bond acceptors (Lipinski definition) is 6. The molecule has 0 radical (unpaired) electrons. The van der Waals surface area contributed by atoms with Crippen molar-refractivity contribution >= 4 is 5.97 Å². The van der Waals surface area contributed by atoms with E-state index in [2.05, 4.69) is 15.3 Å². The van der Waals surface area contributed by atoms with Crippen LogP contribution < -0.4 is 5.32 Å². The van der Waals surface area contributed by atoms with E-state index >= 15 is 0 Å². The van der Waals surface area contributed by atoms with Crippen molar-refractivity contribution in [1.29, 1.82) is 0 Å². The van der Waals surface area contributed by atoms with Crippen LogP contribution in [-0.2, 0) is 11.2 Å². The number of nitrogens with zero attached hydrogens (tertiary/aromatic N) is 2. The Morgan fingerprint density at radius 3 is 2.96 bits per heavy atom. The number of morpholine rings is 1. The van der Waals surface area contributed by atoms with Crippen LogP contribution in [0.1, 0.15) is 22.5 Å². The zero-order valence-electron chi connectivity index (χ0n) is 13.1. The van der Waals surface area contributed by atoms with Crippen LogP contribution >= 0.6 is 0 Å². The third-order valence-corrected chi connectivity index (χ3v) is 3.97. The number of carboxylic acid groups (broad SMARTS) is 1. The van der Waals surface area contributed by atoms with Crippen LogP contribution in [0.3, 0.4) is 0 Å². The number of carbonyl (C=O) groups is 1. The predicted octanol–water partition coefficient (Wildman–Crippen LogP) is 1.47. The summed E-state index contributed by atoms with van der Waals surface area (Å²) in [6.45, 7) is 2.46. The van der Waals surface area contributed by atoms with E-state index in [0.29, 0.717) is 11.3 Å². The molecule has 0 spiro atoms.